The quantitative estimate of drug-likeness (QED) is 0.912. The summed E-state index contributed by atoms with van der Waals surface area (Å²) in [5, 5.41) is 35.1. The summed E-state index contributed by atoms with van der Waals surface area (Å²) >= 11 is 0. The molecule has 1 radical (unpaired) electrons. The Bertz CT molecular complexity index is 943. The topological polar surface area (TPSA) is 92.7 Å². The van der Waals surface area contributed by atoms with E-state index in [0.717, 1.165) is 5.76 Å². The van der Waals surface area contributed by atoms with Crippen molar-refractivity contribution in [2.24, 2.45) is 0 Å². The molecule has 4 rings (SSSR count). The van der Waals surface area contributed by atoms with Gasteiger partial charge in [0.15, 0.2) is 0 Å². The monoisotopic (exact) mass is 351 g/mol. The third kappa shape index (κ3) is 2.74. The molecule has 0 amide bonds. The van der Waals surface area contributed by atoms with E-state index in [0.29, 0.717) is 34.8 Å². The van der Waals surface area contributed by atoms with Gasteiger partial charge in [-0.2, -0.15) is 0 Å². The maximum Gasteiger partial charge on any atom is 0.207 e. The van der Waals surface area contributed by atoms with Crippen LogP contribution in [0.3, 0.4) is 0 Å². The van der Waals surface area contributed by atoms with Crippen LogP contribution in [0, 0.1) is 6.92 Å². The standard InChI is InChI=1S/C20H18NO5/c1-12-4-5-15(26-12)7-13-8-17-20(24)16(9-14-3-2-6-25-14)18(11-22)21(17)10-19(13)23/h2-6,8-10,18,22-23H,7,11H2,1H3/p-1/b16-9+. The van der Waals surface area contributed by atoms with E-state index in [2.05, 4.69) is 0 Å². The Labute approximate surface area is 150 Å². The first kappa shape index (κ1) is 16.4. The lowest BCUT2D eigenvalue weighted by atomic mass is 10.0. The summed E-state index contributed by atoms with van der Waals surface area (Å²) in [6.45, 7) is 1.55. The smallest absolute Gasteiger partial charge is 0.207 e. The molecule has 6 nitrogen and oxygen atoms in total. The molecule has 2 aromatic heterocycles. The molecule has 0 aromatic carbocycles. The molecule has 2 aromatic rings. The zero-order valence-electron chi connectivity index (χ0n) is 14.1. The minimum atomic E-state index is -0.602. The van der Waals surface area contributed by atoms with Gasteiger partial charge in [0.25, 0.3) is 0 Å². The van der Waals surface area contributed by atoms with Crippen molar-refractivity contribution in [1.82, 2.24) is 4.90 Å². The lowest BCUT2D eigenvalue weighted by Crippen LogP contribution is -2.33. The van der Waals surface area contributed by atoms with E-state index in [1.165, 1.54) is 17.4 Å². The molecule has 4 heterocycles. The van der Waals surface area contributed by atoms with E-state index in [1.54, 1.807) is 24.3 Å². The van der Waals surface area contributed by atoms with Gasteiger partial charge in [0.1, 0.15) is 17.3 Å². The minimum Gasteiger partial charge on any atom is -0.871 e. The molecule has 0 bridgehead atoms. The van der Waals surface area contributed by atoms with Crippen molar-refractivity contribution in [3.63, 3.8) is 0 Å². The molecule has 2 aliphatic heterocycles. The molecule has 1 unspecified atom stereocenters. The van der Waals surface area contributed by atoms with Crippen molar-refractivity contribution in [3.05, 3.63) is 88.4 Å². The molecule has 0 aliphatic carbocycles. The first-order valence-electron chi connectivity index (χ1n) is 8.28. The molecule has 1 atom stereocenters. The van der Waals surface area contributed by atoms with Crippen LogP contribution < -0.4 is 5.11 Å². The fraction of sp³-hybridized carbons (Fsp3) is 0.200. The molecular formula is C20H17NO5-. The van der Waals surface area contributed by atoms with Crippen molar-refractivity contribution in [2.75, 3.05) is 6.61 Å². The first-order chi connectivity index (χ1) is 12.6. The number of furan rings is 2. The minimum absolute atomic E-state index is 0.201. The highest BCUT2D eigenvalue weighted by Gasteiger charge is 2.37. The number of aryl methyl sites for hydroxylation is 1. The molecule has 1 N–H and O–H groups in total. The van der Waals surface area contributed by atoms with Crippen LogP contribution in [-0.2, 0) is 11.5 Å². The lowest BCUT2D eigenvalue weighted by molar-refractivity contribution is -0.299. The van der Waals surface area contributed by atoms with Gasteiger partial charge < -0.3 is 23.9 Å². The molecule has 6 heteroatoms. The van der Waals surface area contributed by atoms with Crippen LogP contribution >= 0.6 is 0 Å². The first-order valence-corrected chi connectivity index (χ1v) is 8.28. The van der Waals surface area contributed by atoms with Crippen LogP contribution in [0.4, 0.5) is 0 Å². The van der Waals surface area contributed by atoms with E-state index in [1.807, 2.05) is 19.1 Å². The van der Waals surface area contributed by atoms with Crippen molar-refractivity contribution in [3.8, 4) is 0 Å². The summed E-state index contributed by atoms with van der Waals surface area (Å²) in [6, 6.07) is 6.50. The second-order valence-corrected chi connectivity index (χ2v) is 6.29. The van der Waals surface area contributed by atoms with Gasteiger partial charge in [-0.1, -0.05) is 5.76 Å². The highest BCUT2D eigenvalue weighted by molar-refractivity contribution is 5.62. The largest absolute Gasteiger partial charge is 0.871 e. The maximum absolute atomic E-state index is 12.8. The predicted molar refractivity (Wildman–Crippen MR) is 90.4 cm³/mol. The van der Waals surface area contributed by atoms with Gasteiger partial charge >= 0.3 is 0 Å². The Hall–Kier alpha value is -3.12. The number of aliphatic hydroxyl groups excluding tert-OH is 1. The Morgan fingerprint density at radius 3 is 2.85 bits per heavy atom. The van der Waals surface area contributed by atoms with E-state index in [4.69, 9.17) is 8.83 Å². The Morgan fingerprint density at radius 1 is 1.35 bits per heavy atom. The van der Waals surface area contributed by atoms with Crippen molar-refractivity contribution in [2.45, 2.75) is 19.4 Å². The zero-order chi connectivity index (χ0) is 18.3. The number of allylic oxidation sites excluding steroid dienone is 2. The van der Waals surface area contributed by atoms with E-state index in [9.17, 15) is 15.3 Å². The molecule has 2 aliphatic rings. The fourth-order valence-electron chi connectivity index (χ4n) is 3.26. The number of hydrogen-bond donors (Lipinski definition) is 1. The second-order valence-electron chi connectivity index (χ2n) is 6.29. The van der Waals surface area contributed by atoms with Crippen molar-refractivity contribution < 1.29 is 24.2 Å². The molecule has 0 saturated carbocycles. The summed E-state index contributed by atoms with van der Waals surface area (Å²) < 4.78 is 10.8. The van der Waals surface area contributed by atoms with Gasteiger partial charge in [-0.25, -0.2) is 0 Å². The van der Waals surface area contributed by atoms with Crippen LogP contribution in [0.1, 0.15) is 17.3 Å². The van der Waals surface area contributed by atoms with Crippen LogP contribution in [0.25, 0.3) is 6.08 Å². The van der Waals surface area contributed by atoms with Gasteiger partial charge in [0.2, 0.25) is 5.76 Å². The summed E-state index contributed by atoms with van der Waals surface area (Å²) in [6.07, 6.45) is 6.40. The maximum atomic E-state index is 12.8. The Balaban J connectivity index is 1.72. The second kappa shape index (κ2) is 6.31. The van der Waals surface area contributed by atoms with Gasteiger partial charge in [-0.15, -0.1) is 0 Å². The van der Waals surface area contributed by atoms with E-state index >= 15 is 0 Å². The molecule has 26 heavy (non-hydrogen) atoms. The van der Waals surface area contributed by atoms with Gasteiger partial charge in [0.05, 0.1) is 24.6 Å². The van der Waals surface area contributed by atoms with Crippen LogP contribution in [0.5, 0.6) is 0 Å². The Morgan fingerprint density at radius 2 is 2.19 bits per heavy atom. The summed E-state index contributed by atoms with van der Waals surface area (Å²) in [7, 11) is 0. The molecule has 0 saturated heterocycles. The average Bonchev–Trinajstić information content (AvgIpc) is 3.32. The highest BCUT2D eigenvalue weighted by atomic mass is 16.3. The Kier molecular flexibility index (Phi) is 3.97. The highest BCUT2D eigenvalue weighted by Crippen LogP contribution is 2.38. The SMILES string of the molecule is Cc1ccc(CC2=CC3=C([O])/C(=C/c4ccco4)C(CO)N3C=C2[O-])o1. The molecule has 0 fully saturated rings. The van der Waals surface area contributed by atoms with Gasteiger partial charge in [-0.3, -0.25) is 5.11 Å². The summed E-state index contributed by atoms with van der Waals surface area (Å²) in [4.78, 5) is 1.54. The molecule has 133 valence electrons. The number of aliphatic hydroxyl groups is 1. The van der Waals surface area contributed by atoms with E-state index in [-0.39, 0.29) is 18.1 Å². The molecule has 0 spiro atoms. The lowest BCUT2D eigenvalue weighted by Gasteiger charge is -2.31. The number of nitrogens with zero attached hydrogens (tertiary/aromatic N) is 1. The number of hydrogen-bond acceptors (Lipinski definition) is 5. The van der Waals surface area contributed by atoms with Crippen LogP contribution in [-0.4, -0.2) is 22.7 Å². The average molecular weight is 351 g/mol. The van der Waals surface area contributed by atoms with E-state index < -0.39 is 6.04 Å². The summed E-state index contributed by atoms with van der Waals surface area (Å²) in [5.74, 6) is 1.53. The van der Waals surface area contributed by atoms with Crippen LogP contribution in [0.2, 0.25) is 0 Å². The fourth-order valence-corrected chi connectivity index (χ4v) is 3.26. The van der Waals surface area contributed by atoms with Crippen molar-refractivity contribution in [1.29, 1.82) is 0 Å². The third-order valence-electron chi connectivity index (χ3n) is 4.53. The normalized spacial score (nSPS) is 21.2. The van der Waals surface area contributed by atoms with Crippen LogP contribution in [0.15, 0.2) is 80.0 Å². The van der Waals surface area contributed by atoms with Gasteiger partial charge in [-0.05, 0) is 55.1 Å². The number of rotatable bonds is 4. The molecular weight excluding hydrogens is 334 g/mol. The van der Waals surface area contributed by atoms with Crippen molar-refractivity contribution >= 4 is 6.08 Å². The third-order valence-corrected chi connectivity index (χ3v) is 4.53. The van der Waals surface area contributed by atoms with Gasteiger partial charge in [0, 0.05) is 12.0 Å². The zero-order valence-corrected chi connectivity index (χ0v) is 14.1. The summed E-state index contributed by atoms with van der Waals surface area (Å²) in [5.41, 5.74) is 1.25. The number of fused-ring (bicyclic) bond motifs is 1. The predicted octanol–water partition coefficient (Wildman–Crippen LogP) is 2.27.